The number of pyridine rings is 1. The van der Waals surface area contributed by atoms with Crippen LogP contribution in [0.3, 0.4) is 0 Å². The van der Waals surface area contributed by atoms with Gasteiger partial charge in [-0.3, -0.25) is 4.98 Å². The number of hydrogen-bond donors (Lipinski definition) is 1. The molecule has 0 aromatic carbocycles. The smallest absolute Gasteiger partial charge is 0.151 e. The van der Waals surface area contributed by atoms with Crippen LogP contribution >= 0.6 is 0 Å². The molecule has 0 atom stereocenters. The lowest BCUT2D eigenvalue weighted by Crippen LogP contribution is -2.13. The zero-order valence-electron chi connectivity index (χ0n) is 11.8. The van der Waals surface area contributed by atoms with Crippen LogP contribution in [0.25, 0.3) is 5.69 Å². The zero-order valence-corrected chi connectivity index (χ0v) is 11.8. The van der Waals surface area contributed by atoms with Gasteiger partial charge >= 0.3 is 0 Å². The van der Waals surface area contributed by atoms with Crippen molar-refractivity contribution in [1.29, 1.82) is 0 Å². The maximum absolute atomic E-state index is 4.55. The molecule has 2 rings (SSSR count). The molecule has 5 nitrogen and oxygen atoms in total. The topological polar surface area (TPSA) is 55.6 Å². The molecular weight excluding hydrogens is 238 g/mol. The Labute approximate surface area is 114 Å². The second kappa shape index (κ2) is 6.43. The van der Waals surface area contributed by atoms with E-state index in [-0.39, 0.29) is 0 Å². The number of aryl methyl sites for hydroxylation is 2. The standard InChI is InChI=1S/C14H21N5/c1-4-13-17-14(5-2)19(18-13)12-7-8-16-11(9-12)10-15-6-3/h7-9,15H,4-6,10H2,1-3H3. The van der Waals surface area contributed by atoms with Gasteiger partial charge in [-0.15, -0.1) is 0 Å². The van der Waals surface area contributed by atoms with Gasteiger partial charge in [0.2, 0.25) is 0 Å². The first-order chi connectivity index (χ1) is 9.28. The average Bonchev–Trinajstić information content (AvgIpc) is 2.89. The molecule has 5 heteroatoms. The molecule has 0 saturated carbocycles. The normalized spacial score (nSPS) is 10.9. The highest BCUT2D eigenvalue weighted by Gasteiger charge is 2.09. The highest BCUT2D eigenvalue weighted by atomic mass is 15.3. The molecule has 102 valence electrons. The van der Waals surface area contributed by atoms with E-state index in [1.165, 1.54) is 0 Å². The highest BCUT2D eigenvalue weighted by molar-refractivity contribution is 5.32. The predicted octanol–water partition coefficient (Wildman–Crippen LogP) is 1.90. The molecule has 0 saturated heterocycles. The summed E-state index contributed by atoms with van der Waals surface area (Å²) in [6.45, 7) is 7.98. The van der Waals surface area contributed by atoms with Crippen molar-refractivity contribution in [2.75, 3.05) is 6.54 Å². The lowest BCUT2D eigenvalue weighted by atomic mass is 10.3. The Kier molecular flexibility index (Phi) is 4.63. The highest BCUT2D eigenvalue weighted by Crippen LogP contribution is 2.11. The van der Waals surface area contributed by atoms with E-state index < -0.39 is 0 Å². The monoisotopic (exact) mass is 259 g/mol. The Morgan fingerprint density at radius 2 is 2.05 bits per heavy atom. The van der Waals surface area contributed by atoms with Gasteiger partial charge in [0.1, 0.15) is 5.82 Å². The Morgan fingerprint density at radius 1 is 1.21 bits per heavy atom. The van der Waals surface area contributed by atoms with Crippen LogP contribution in [0.5, 0.6) is 0 Å². The van der Waals surface area contributed by atoms with Gasteiger partial charge in [-0.05, 0) is 18.7 Å². The van der Waals surface area contributed by atoms with E-state index in [2.05, 4.69) is 47.2 Å². The second-order valence-corrected chi connectivity index (χ2v) is 4.35. The van der Waals surface area contributed by atoms with E-state index in [0.29, 0.717) is 0 Å². The maximum atomic E-state index is 4.55. The van der Waals surface area contributed by atoms with Gasteiger partial charge in [0.25, 0.3) is 0 Å². The van der Waals surface area contributed by atoms with Crippen molar-refractivity contribution in [2.45, 2.75) is 40.2 Å². The molecule has 2 heterocycles. The first-order valence-electron chi connectivity index (χ1n) is 6.89. The first-order valence-corrected chi connectivity index (χ1v) is 6.89. The van der Waals surface area contributed by atoms with Gasteiger partial charge in [-0.25, -0.2) is 9.67 Å². The van der Waals surface area contributed by atoms with Crippen LogP contribution in [0.15, 0.2) is 18.3 Å². The van der Waals surface area contributed by atoms with Crippen LogP contribution in [0.1, 0.15) is 38.1 Å². The van der Waals surface area contributed by atoms with E-state index in [9.17, 15) is 0 Å². The van der Waals surface area contributed by atoms with Crippen molar-refractivity contribution in [3.63, 3.8) is 0 Å². The van der Waals surface area contributed by atoms with Gasteiger partial charge in [-0.2, -0.15) is 5.10 Å². The number of nitrogens with zero attached hydrogens (tertiary/aromatic N) is 4. The van der Waals surface area contributed by atoms with Crippen molar-refractivity contribution in [3.05, 3.63) is 35.7 Å². The quantitative estimate of drug-likeness (QED) is 0.861. The summed E-state index contributed by atoms with van der Waals surface area (Å²) in [5, 5.41) is 7.83. The summed E-state index contributed by atoms with van der Waals surface area (Å²) >= 11 is 0. The van der Waals surface area contributed by atoms with Gasteiger partial charge < -0.3 is 5.32 Å². The fraction of sp³-hybridized carbons (Fsp3) is 0.500. The van der Waals surface area contributed by atoms with Gasteiger partial charge in [0.05, 0.1) is 11.4 Å². The third kappa shape index (κ3) is 3.17. The molecule has 2 aromatic heterocycles. The summed E-state index contributed by atoms with van der Waals surface area (Å²) in [5.74, 6) is 1.89. The molecule has 19 heavy (non-hydrogen) atoms. The van der Waals surface area contributed by atoms with Crippen LogP contribution in [-0.2, 0) is 19.4 Å². The number of hydrogen-bond acceptors (Lipinski definition) is 4. The van der Waals surface area contributed by atoms with Crippen LogP contribution < -0.4 is 5.32 Å². The van der Waals surface area contributed by atoms with E-state index in [1.54, 1.807) is 0 Å². The molecule has 0 bridgehead atoms. The fourth-order valence-corrected chi connectivity index (χ4v) is 1.92. The SMILES string of the molecule is CCNCc1cc(-n2nc(CC)nc2CC)ccn1. The molecule has 0 aliphatic rings. The molecule has 2 aromatic rings. The number of rotatable bonds is 6. The van der Waals surface area contributed by atoms with Crippen molar-refractivity contribution in [2.24, 2.45) is 0 Å². The Hall–Kier alpha value is -1.75. The Balaban J connectivity index is 2.32. The largest absolute Gasteiger partial charge is 0.311 e. The second-order valence-electron chi connectivity index (χ2n) is 4.35. The van der Waals surface area contributed by atoms with Crippen LogP contribution in [0, 0.1) is 0 Å². The molecule has 0 amide bonds. The lowest BCUT2D eigenvalue weighted by molar-refractivity contribution is 0.707. The zero-order chi connectivity index (χ0) is 13.7. The average molecular weight is 259 g/mol. The molecule has 0 radical (unpaired) electrons. The molecule has 1 N–H and O–H groups in total. The molecule has 0 fully saturated rings. The van der Waals surface area contributed by atoms with E-state index in [1.807, 2.05) is 16.9 Å². The summed E-state index contributed by atoms with van der Waals surface area (Å²) in [4.78, 5) is 8.89. The third-order valence-corrected chi connectivity index (χ3v) is 2.95. The minimum absolute atomic E-state index is 0.779. The maximum Gasteiger partial charge on any atom is 0.151 e. The van der Waals surface area contributed by atoms with Crippen molar-refractivity contribution in [1.82, 2.24) is 25.1 Å². The minimum atomic E-state index is 0.779. The third-order valence-electron chi connectivity index (χ3n) is 2.95. The minimum Gasteiger partial charge on any atom is -0.311 e. The summed E-state index contributed by atoms with van der Waals surface area (Å²) in [6.07, 6.45) is 3.56. The van der Waals surface area contributed by atoms with Gasteiger partial charge in [0.15, 0.2) is 5.82 Å². The van der Waals surface area contributed by atoms with Gasteiger partial charge in [0, 0.05) is 25.6 Å². The molecular formula is C14H21N5. The predicted molar refractivity (Wildman–Crippen MR) is 75.3 cm³/mol. The molecule has 0 aliphatic heterocycles. The summed E-state index contributed by atoms with van der Waals surface area (Å²) in [5.41, 5.74) is 2.06. The van der Waals surface area contributed by atoms with Crippen LogP contribution in [0.4, 0.5) is 0 Å². The fourth-order valence-electron chi connectivity index (χ4n) is 1.92. The van der Waals surface area contributed by atoms with Crippen molar-refractivity contribution < 1.29 is 0 Å². The Morgan fingerprint density at radius 3 is 2.74 bits per heavy atom. The van der Waals surface area contributed by atoms with Crippen molar-refractivity contribution in [3.8, 4) is 5.69 Å². The molecule has 0 spiro atoms. The summed E-state index contributed by atoms with van der Waals surface area (Å²) in [6, 6.07) is 4.04. The van der Waals surface area contributed by atoms with E-state index >= 15 is 0 Å². The lowest BCUT2D eigenvalue weighted by Gasteiger charge is -2.06. The van der Waals surface area contributed by atoms with Crippen molar-refractivity contribution >= 4 is 0 Å². The van der Waals surface area contributed by atoms with Crippen LogP contribution in [-0.4, -0.2) is 26.3 Å². The molecule has 0 aliphatic carbocycles. The van der Waals surface area contributed by atoms with Crippen LogP contribution in [0.2, 0.25) is 0 Å². The van der Waals surface area contributed by atoms with E-state index in [0.717, 1.165) is 49.0 Å². The Bertz CT molecular complexity index is 532. The molecule has 0 unspecified atom stereocenters. The summed E-state index contributed by atoms with van der Waals surface area (Å²) in [7, 11) is 0. The van der Waals surface area contributed by atoms with E-state index in [4.69, 9.17) is 0 Å². The number of nitrogens with one attached hydrogen (secondary N) is 1. The number of aromatic nitrogens is 4. The van der Waals surface area contributed by atoms with Gasteiger partial charge in [-0.1, -0.05) is 20.8 Å². The summed E-state index contributed by atoms with van der Waals surface area (Å²) < 4.78 is 1.93. The first kappa shape index (κ1) is 13.7.